The number of pyridine rings is 1. The molecule has 1 amide bonds. The molecule has 0 saturated carbocycles. The standard InChI is InChI=1S/C12H15N3O2/c1-3-13-11(16)8-17-10-5-4-6-15-7-9(2)14-12(10)15/h4-7H,3,8H2,1-2H3,(H,13,16). The predicted molar refractivity (Wildman–Crippen MR) is 64.1 cm³/mol. The minimum Gasteiger partial charge on any atom is -0.480 e. The van der Waals surface area contributed by atoms with Gasteiger partial charge in [0.05, 0.1) is 5.69 Å². The quantitative estimate of drug-likeness (QED) is 0.862. The zero-order valence-corrected chi connectivity index (χ0v) is 9.93. The summed E-state index contributed by atoms with van der Waals surface area (Å²) in [4.78, 5) is 15.6. The molecule has 90 valence electrons. The van der Waals surface area contributed by atoms with Crippen molar-refractivity contribution in [1.82, 2.24) is 14.7 Å². The van der Waals surface area contributed by atoms with Gasteiger partial charge in [-0.1, -0.05) is 0 Å². The molecule has 2 aromatic rings. The van der Waals surface area contributed by atoms with Crippen LogP contribution < -0.4 is 10.1 Å². The Kier molecular flexibility index (Phi) is 3.27. The fraction of sp³-hybridized carbons (Fsp3) is 0.333. The minimum absolute atomic E-state index is 0.0133. The van der Waals surface area contributed by atoms with Crippen molar-refractivity contribution in [1.29, 1.82) is 0 Å². The van der Waals surface area contributed by atoms with Crippen LogP contribution in [0.1, 0.15) is 12.6 Å². The van der Waals surface area contributed by atoms with E-state index in [0.717, 1.165) is 11.3 Å². The maximum atomic E-state index is 11.3. The van der Waals surface area contributed by atoms with Gasteiger partial charge in [-0.3, -0.25) is 4.79 Å². The summed E-state index contributed by atoms with van der Waals surface area (Å²) in [6.07, 6.45) is 3.81. The van der Waals surface area contributed by atoms with E-state index in [-0.39, 0.29) is 12.5 Å². The van der Waals surface area contributed by atoms with Gasteiger partial charge in [-0.15, -0.1) is 0 Å². The van der Waals surface area contributed by atoms with Crippen molar-refractivity contribution in [3.8, 4) is 5.75 Å². The largest absolute Gasteiger partial charge is 0.480 e. The fourth-order valence-corrected chi connectivity index (χ4v) is 1.61. The zero-order valence-electron chi connectivity index (χ0n) is 9.93. The van der Waals surface area contributed by atoms with Crippen molar-refractivity contribution in [2.24, 2.45) is 0 Å². The summed E-state index contributed by atoms with van der Waals surface area (Å²) in [5.74, 6) is 0.490. The van der Waals surface area contributed by atoms with Crippen molar-refractivity contribution in [3.05, 3.63) is 30.2 Å². The van der Waals surface area contributed by atoms with Gasteiger partial charge >= 0.3 is 0 Å². The van der Waals surface area contributed by atoms with Crippen LogP contribution in [0.15, 0.2) is 24.5 Å². The third-order valence-electron chi connectivity index (χ3n) is 2.30. The first kappa shape index (κ1) is 11.4. The van der Waals surface area contributed by atoms with E-state index in [1.165, 1.54) is 0 Å². The molecular weight excluding hydrogens is 218 g/mol. The molecule has 0 aliphatic rings. The summed E-state index contributed by atoms with van der Waals surface area (Å²) in [5, 5.41) is 2.68. The monoisotopic (exact) mass is 233 g/mol. The minimum atomic E-state index is -0.127. The van der Waals surface area contributed by atoms with Crippen LogP contribution in [0, 0.1) is 6.92 Å². The molecule has 0 aliphatic heterocycles. The summed E-state index contributed by atoms with van der Waals surface area (Å²) in [5.41, 5.74) is 1.65. The molecule has 0 aliphatic carbocycles. The number of aromatic nitrogens is 2. The molecule has 5 nitrogen and oxygen atoms in total. The Morgan fingerprint density at radius 2 is 2.41 bits per heavy atom. The van der Waals surface area contributed by atoms with Gasteiger partial charge in [-0.05, 0) is 26.0 Å². The molecule has 2 aromatic heterocycles. The topological polar surface area (TPSA) is 55.6 Å². The smallest absolute Gasteiger partial charge is 0.257 e. The summed E-state index contributed by atoms with van der Waals surface area (Å²) in [6, 6.07) is 3.67. The van der Waals surface area contributed by atoms with Gasteiger partial charge in [-0.25, -0.2) is 4.98 Å². The normalized spacial score (nSPS) is 10.5. The van der Waals surface area contributed by atoms with Crippen LogP contribution in [0.4, 0.5) is 0 Å². The Hall–Kier alpha value is -2.04. The second-order valence-electron chi connectivity index (χ2n) is 3.73. The number of imidazole rings is 1. The number of nitrogens with zero attached hydrogens (tertiary/aromatic N) is 2. The van der Waals surface area contributed by atoms with Gasteiger partial charge in [0.25, 0.3) is 5.91 Å². The van der Waals surface area contributed by atoms with E-state index >= 15 is 0 Å². The van der Waals surface area contributed by atoms with E-state index in [1.807, 2.05) is 36.7 Å². The van der Waals surface area contributed by atoms with E-state index in [9.17, 15) is 4.79 Å². The molecule has 0 fully saturated rings. The second kappa shape index (κ2) is 4.86. The van der Waals surface area contributed by atoms with Gasteiger partial charge in [0.2, 0.25) is 0 Å². The number of amides is 1. The Balaban J connectivity index is 2.15. The molecule has 1 N–H and O–H groups in total. The third kappa shape index (κ3) is 2.55. The van der Waals surface area contributed by atoms with Gasteiger partial charge < -0.3 is 14.5 Å². The van der Waals surface area contributed by atoms with Crippen LogP contribution in [0.25, 0.3) is 5.65 Å². The van der Waals surface area contributed by atoms with Crippen LogP contribution in [0.3, 0.4) is 0 Å². The molecule has 2 heterocycles. The molecular formula is C12H15N3O2. The lowest BCUT2D eigenvalue weighted by Gasteiger charge is -2.06. The maximum Gasteiger partial charge on any atom is 0.257 e. The van der Waals surface area contributed by atoms with Gasteiger partial charge in [0.15, 0.2) is 18.0 Å². The fourth-order valence-electron chi connectivity index (χ4n) is 1.61. The number of aryl methyl sites for hydroxylation is 1. The number of carbonyl (C=O) groups excluding carboxylic acids is 1. The molecule has 0 bridgehead atoms. The number of likely N-dealkylation sites (N-methyl/N-ethyl adjacent to an activating group) is 1. The van der Waals surface area contributed by atoms with Crippen LogP contribution in [0.2, 0.25) is 0 Å². The van der Waals surface area contributed by atoms with Crippen LogP contribution in [-0.4, -0.2) is 28.4 Å². The predicted octanol–water partition coefficient (Wildman–Crippen LogP) is 1.16. The highest BCUT2D eigenvalue weighted by Gasteiger charge is 2.07. The van der Waals surface area contributed by atoms with Crippen LogP contribution in [-0.2, 0) is 4.79 Å². The Morgan fingerprint density at radius 1 is 1.59 bits per heavy atom. The maximum absolute atomic E-state index is 11.3. The summed E-state index contributed by atoms with van der Waals surface area (Å²) >= 11 is 0. The Bertz CT molecular complexity index is 534. The first-order valence-electron chi connectivity index (χ1n) is 5.54. The van der Waals surface area contributed by atoms with Crippen molar-refractivity contribution in [2.45, 2.75) is 13.8 Å². The summed E-state index contributed by atoms with van der Waals surface area (Å²) in [6.45, 7) is 4.41. The lowest BCUT2D eigenvalue weighted by Crippen LogP contribution is -2.28. The van der Waals surface area contributed by atoms with E-state index in [1.54, 1.807) is 6.07 Å². The highest BCUT2D eigenvalue weighted by atomic mass is 16.5. The molecule has 0 atom stereocenters. The van der Waals surface area contributed by atoms with Crippen molar-refractivity contribution in [2.75, 3.05) is 13.2 Å². The summed E-state index contributed by atoms with van der Waals surface area (Å²) in [7, 11) is 0. The molecule has 0 spiro atoms. The SMILES string of the molecule is CCNC(=O)COc1cccn2cc(C)nc12. The Morgan fingerprint density at radius 3 is 3.18 bits per heavy atom. The highest BCUT2D eigenvalue weighted by molar-refractivity contribution is 5.77. The van der Waals surface area contributed by atoms with Gasteiger partial charge in [0, 0.05) is 18.9 Å². The molecule has 5 heteroatoms. The van der Waals surface area contributed by atoms with E-state index in [0.29, 0.717) is 12.3 Å². The van der Waals surface area contributed by atoms with Crippen molar-refractivity contribution < 1.29 is 9.53 Å². The third-order valence-corrected chi connectivity index (χ3v) is 2.30. The molecule has 0 saturated heterocycles. The zero-order chi connectivity index (χ0) is 12.3. The molecule has 0 radical (unpaired) electrons. The Labute approximate surface area is 99.4 Å². The number of fused-ring (bicyclic) bond motifs is 1. The number of rotatable bonds is 4. The van der Waals surface area contributed by atoms with E-state index in [4.69, 9.17) is 4.74 Å². The lowest BCUT2D eigenvalue weighted by atomic mass is 10.4. The highest BCUT2D eigenvalue weighted by Crippen LogP contribution is 2.18. The van der Waals surface area contributed by atoms with Crippen LogP contribution in [0.5, 0.6) is 5.75 Å². The number of hydrogen-bond acceptors (Lipinski definition) is 3. The second-order valence-corrected chi connectivity index (χ2v) is 3.73. The average molecular weight is 233 g/mol. The molecule has 17 heavy (non-hydrogen) atoms. The van der Waals surface area contributed by atoms with Crippen molar-refractivity contribution >= 4 is 11.6 Å². The average Bonchev–Trinajstić information content (AvgIpc) is 2.67. The lowest BCUT2D eigenvalue weighted by molar-refractivity contribution is -0.122. The number of nitrogens with one attached hydrogen (secondary N) is 1. The number of ether oxygens (including phenoxy) is 1. The number of carbonyl (C=O) groups is 1. The summed E-state index contributed by atoms with van der Waals surface area (Å²) < 4.78 is 7.33. The number of hydrogen-bond donors (Lipinski definition) is 1. The van der Waals surface area contributed by atoms with E-state index < -0.39 is 0 Å². The molecule has 0 unspecified atom stereocenters. The van der Waals surface area contributed by atoms with Crippen molar-refractivity contribution in [3.63, 3.8) is 0 Å². The van der Waals surface area contributed by atoms with Gasteiger partial charge in [0.1, 0.15) is 0 Å². The van der Waals surface area contributed by atoms with Crippen LogP contribution >= 0.6 is 0 Å². The molecule has 2 rings (SSSR count). The first-order valence-corrected chi connectivity index (χ1v) is 5.54. The first-order chi connectivity index (χ1) is 8.20. The van der Waals surface area contributed by atoms with Gasteiger partial charge in [-0.2, -0.15) is 0 Å². The van der Waals surface area contributed by atoms with E-state index in [2.05, 4.69) is 10.3 Å². The molecule has 0 aromatic carbocycles.